The van der Waals surface area contributed by atoms with Crippen molar-refractivity contribution >= 4 is 34.4 Å². The van der Waals surface area contributed by atoms with Gasteiger partial charge in [0.1, 0.15) is 5.75 Å². The summed E-state index contributed by atoms with van der Waals surface area (Å²) in [5, 5.41) is 3.56. The molecule has 22 heavy (non-hydrogen) atoms. The molecule has 3 aromatic rings. The van der Waals surface area contributed by atoms with Crippen molar-refractivity contribution < 1.29 is 9.53 Å². The van der Waals surface area contributed by atoms with Gasteiger partial charge < -0.3 is 15.0 Å². The Balaban J connectivity index is 1.62. The molecule has 0 saturated heterocycles. The average Bonchev–Trinajstić information content (AvgIpc) is 2.95. The van der Waals surface area contributed by atoms with Crippen molar-refractivity contribution in [1.82, 2.24) is 9.97 Å². The summed E-state index contributed by atoms with van der Waals surface area (Å²) in [4.78, 5) is 19.5. The maximum absolute atomic E-state index is 11.9. The van der Waals surface area contributed by atoms with Crippen LogP contribution in [-0.2, 0) is 4.79 Å². The molecular formula is C16H15N3O2S. The lowest BCUT2D eigenvalue weighted by molar-refractivity contribution is -0.113. The van der Waals surface area contributed by atoms with Crippen molar-refractivity contribution in [1.29, 1.82) is 0 Å². The van der Waals surface area contributed by atoms with Crippen LogP contribution < -0.4 is 10.1 Å². The van der Waals surface area contributed by atoms with E-state index < -0.39 is 0 Å². The number of methoxy groups -OCH3 is 1. The van der Waals surface area contributed by atoms with Gasteiger partial charge in [0.25, 0.3) is 0 Å². The van der Waals surface area contributed by atoms with Crippen LogP contribution in [0.2, 0.25) is 0 Å². The first-order valence-corrected chi connectivity index (χ1v) is 7.74. The van der Waals surface area contributed by atoms with Crippen molar-refractivity contribution in [3.8, 4) is 5.75 Å². The molecule has 6 heteroatoms. The Hall–Kier alpha value is -2.47. The van der Waals surface area contributed by atoms with Gasteiger partial charge in [-0.15, -0.1) is 0 Å². The number of hydrogen-bond acceptors (Lipinski definition) is 4. The van der Waals surface area contributed by atoms with E-state index in [4.69, 9.17) is 4.74 Å². The largest absolute Gasteiger partial charge is 0.497 e. The minimum absolute atomic E-state index is 0.0609. The zero-order chi connectivity index (χ0) is 15.4. The number of benzene rings is 2. The molecule has 0 atom stereocenters. The quantitative estimate of drug-likeness (QED) is 0.709. The van der Waals surface area contributed by atoms with Gasteiger partial charge in [-0.05, 0) is 24.3 Å². The summed E-state index contributed by atoms with van der Waals surface area (Å²) in [6, 6.07) is 15.0. The molecule has 0 fully saturated rings. The molecule has 112 valence electrons. The SMILES string of the molecule is COc1ccc2nc(SCC(=O)Nc3ccccc3)[nH]c2c1. The number of aromatic amines is 1. The Morgan fingerprint density at radius 3 is 2.86 bits per heavy atom. The van der Waals surface area contributed by atoms with Gasteiger partial charge in [-0.1, -0.05) is 30.0 Å². The first-order valence-electron chi connectivity index (χ1n) is 6.76. The number of rotatable bonds is 5. The molecule has 0 radical (unpaired) electrons. The number of para-hydroxylation sites is 1. The summed E-state index contributed by atoms with van der Waals surface area (Å²) in [5.41, 5.74) is 2.54. The number of ether oxygens (including phenoxy) is 1. The molecule has 0 saturated carbocycles. The second-order valence-corrected chi connectivity index (χ2v) is 5.59. The van der Waals surface area contributed by atoms with Crippen molar-refractivity contribution in [2.24, 2.45) is 0 Å². The van der Waals surface area contributed by atoms with E-state index in [1.54, 1.807) is 7.11 Å². The molecule has 1 aromatic heterocycles. The molecule has 1 heterocycles. The molecule has 0 bridgehead atoms. The topological polar surface area (TPSA) is 67.0 Å². The molecule has 5 nitrogen and oxygen atoms in total. The standard InChI is InChI=1S/C16H15N3O2S/c1-21-12-7-8-13-14(9-12)19-16(18-13)22-10-15(20)17-11-5-3-2-4-6-11/h2-9H,10H2,1H3,(H,17,20)(H,18,19). The minimum Gasteiger partial charge on any atom is -0.497 e. The minimum atomic E-state index is -0.0609. The lowest BCUT2D eigenvalue weighted by atomic mass is 10.3. The zero-order valence-electron chi connectivity index (χ0n) is 12.0. The summed E-state index contributed by atoms with van der Waals surface area (Å²) >= 11 is 1.37. The van der Waals surface area contributed by atoms with E-state index in [1.807, 2.05) is 48.5 Å². The van der Waals surface area contributed by atoms with Crippen molar-refractivity contribution in [3.05, 3.63) is 48.5 Å². The van der Waals surface area contributed by atoms with E-state index >= 15 is 0 Å². The molecule has 0 unspecified atom stereocenters. The number of hydrogen-bond donors (Lipinski definition) is 2. The number of imidazole rings is 1. The number of amides is 1. The second-order valence-electron chi connectivity index (χ2n) is 4.63. The van der Waals surface area contributed by atoms with E-state index in [9.17, 15) is 4.79 Å². The van der Waals surface area contributed by atoms with Crippen LogP contribution >= 0.6 is 11.8 Å². The number of nitrogens with zero attached hydrogens (tertiary/aromatic N) is 1. The molecule has 1 amide bonds. The maximum Gasteiger partial charge on any atom is 0.234 e. The first kappa shape index (κ1) is 14.5. The third-order valence-corrected chi connectivity index (χ3v) is 3.94. The molecule has 0 aliphatic carbocycles. The van der Waals surface area contributed by atoms with Crippen molar-refractivity contribution in [3.63, 3.8) is 0 Å². The number of nitrogens with one attached hydrogen (secondary N) is 2. The van der Waals surface area contributed by atoms with Crippen LogP contribution in [0.4, 0.5) is 5.69 Å². The Labute approximate surface area is 132 Å². The highest BCUT2D eigenvalue weighted by Gasteiger charge is 2.08. The fraction of sp³-hybridized carbons (Fsp3) is 0.125. The lowest BCUT2D eigenvalue weighted by Crippen LogP contribution is -2.13. The highest BCUT2D eigenvalue weighted by atomic mass is 32.2. The Morgan fingerprint density at radius 2 is 2.09 bits per heavy atom. The fourth-order valence-electron chi connectivity index (χ4n) is 2.01. The number of H-pyrrole nitrogens is 1. The molecule has 2 N–H and O–H groups in total. The van der Waals surface area contributed by atoms with Gasteiger partial charge in [-0.3, -0.25) is 4.79 Å². The van der Waals surface area contributed by atoms with E-state index in [-0.39, 0.29) is 5.91 Å². The number of carbonyl (C=O) groups is 1. The fourth-order valence-corrected chi connectivity index (χ4v) is 2.70. The monoisotopic (exact) mass is 313 g/mol. The number of thioether (sulfide) groups is 1. The van der Waals surface area contributed by atoms with Crippen LogP contribution in [0.1, 0.15) is 0 Å². The lowest BCUT2D eigenvalue weighted by Gasteiger charge is -2.03. The highest BCUT2D eigenvalue weighted by molar-refractivity contribution is 7.99. The van der Waals surface area contributed by atoms with Gasteiger partial charge in [0.05, 0.1) is 23.9 Å². The summed E-state index contributed by atoms with van der Waals surface area (Å²) in [7, 11) is 1.63. The Morgan fingerprint density at radius 1 is 1.27 bits per heavy atom. The van der Waals surface area contributed by atoms with E-state index in [0.717, 1.165) is 22.5 Å². The smallest absolute Gasteiger partial charge is 0.234 e. The summed E-state index contributed by atoms with van der Waals surface area (Å²) in [5.74, 6) is 1.01. The number of carbonyl (C=O) groups excluding carboxylic acids is 1. The van der Waals surface area contributed by atoms with Crippen LogP contribution in [0.15, 0.2) is 53.7 Å². The van der Waals surface area contributed by atoms with Crippen LogP contribution in [0.5, 0.6) is 5.75 Å². The molecule has 2 aromatic carbocycles. The average molecular weight is 313 g/mol. The van der Waals surface area contributed by atoms with Gasteiger partial charge in [0, 0.05) is 11.8 Å². The summed E-state index contributed by atoms with van der Waals surface area (Å²) in [6.07, 6.45) is 0. The predicted molar refractivity (Wildman–Crippen MR) is 88.4 cm³/mol. The van der Waals surface area contributed by atoms with E-state index in [0.29, 0.717) is 10.9 Å². The van der Waals surface area contributed by atoms with Gasteiger partial charge >= 0.3 is 0 Å². The predicted octanol–water partition coefficient (Wildman–Crippen LogP) is 3.30. The molecule has 3 rings (SSSR count). The molecule has 0 aliphatic rings. The maximum atomic E-state index is 11.9. The highest BCUT2D eigenvalue weighted by Crippen LogP contribution is 2.23. The van der Waals surface area contributed by atoms with Crippen LogP contribution in [0, 0.1) is 0 Å². The van der Waals surface area contributed by atoms with Gasteiger partial charge in [0.15, 0.2) is 5.16 Å². The third kappa shape index (κ3) is 3.40. The number of anilines is 1. The van der Waals surface area contributed by atoms with Gasteiger partial charge in [-0.2, -0.15) is 0 Å². The molecular weight excluding hydrogens is 298 g/mol. The van der Waals surface area contributed by atoms with E-state index in [1.165, 1.54) is 11.8 Å². The summed E-state index contributed by atoms with van der Waals surface area (Å²) < 4.78 is 5.18. The number of aromatic nitrogens is 2. The second kappa shape index (κ2) is 6.53. The van der Waals surface area contributed by atoms with Gasteiger partial charge in [0.2, 0.25) is 5.91 Å². The van der Waals surface area contributed by atoms with Crippen molar-refractivity contribution in [2.75, 3.05) is 18.2 Å². The first-order chi connectivity index (χ1) is 10.7. The van der Waals surface area contributed by atoms with Crippen LogP contribution in [0.25, 0.3) is 11.0 Å². The third-order valence-electron chi connectivity index (χ3n) is 3.06. The number of fused-ring (bicyclic) bond motifs is 1. The van der Waals surface area contributed by atoms with Crippen LogP contribution in [-0.4, -0.2) is 28.7 Å². The normalized spacial score (nSPS) is 10.6. The Bertz CT molecular complexity index is 786. The van der Waals surface area contributed by atoms with Crippen LogP contribution in [0.3, 0.4) is 0 Å². The molecule has 0 spiro atoms. The zero-order valence-corrected chi connectivity index (χ0v) is 12.8. The Kier molecular flexibility index (Phi) is 4.29. The van der Waals surface area contributed by atoms with Crippen molar-refractivity contribution in [2.45, 2.75) is 5.16 Å². The molecule has 0 aliphatic heterocycles. The summed E-state index contributed by atoms with van der Waals surface area (Å²) in [6.45, 7) is 0. The van der Waals surface area contributed by atoms with Gasteiger partial charge in [-0.25, -0.2) is 4.98 Å². The van der Waals surface area contributed by atoms with E-state index in [2.05, 4.69) is 15.3 Å².